The van der Waals surface area contributed by atoms with Crippen molar-refractivity contribution < 1.29 is 13.6 Å². The number of aromatic amines is 1. The first-order chi connectivity index (χ1) is 19.3. The number of benzene rings is 1. The van der Waals surface area contributed by atoms with Crippen LogP contribution in [0.25, 0.3) is 33.5 Å². The van der Waals surface area contributed by atoms with Crippen LogP contribution in [-0.4, -0.2) is 40.2 Å². The van der Waals surface area contributed by atoms with Crippen LogP contribution in [0.4, 0.5) is 14.5 Å². The maximum atomic E-state index is 13.9. The van der Waals surface area contributed by atoms with E-state index < -0.39 is 12.6 Å². The van der Waals surface area contributed by atoms with Gasteiger partial charge in [-0.25, -0.2) is 14.6 Å². The summed E-state index contributed by atoms with van der Waals surface area (Å²) < 4.78 is 29.8. The second-order valence-corrected chi connectivity index (χ2v) is 10.1. The Bertz CT molecular complexity index is 1790. The van der Waals surface area contributed by atoms with E-state index in [1.54, 1.807) is 25.4 Å². The third-order valence-corrected chi connectivity index (χ3v) is 7.31. The molecule has 5 aromatic rings. The van der Waals surface area contributed by atoms with Gasteiger partial charge in [0.25, 0.3) is 5.56 Å². The van der Waals surface area contributed by atoms with Crippen LogP contribution in [0.2, 0.25) is 0 Å². The van der Waals surface area contributed by atoms with Gasteiger partial charge in [0.1, 0.15) is 0 Å². The Morgan fingerprint density at radius 3 is 2.73 bits per heavy atom. The molecular formula is C28H26F2N8O2. The average molecular weight is 545 g/mol. The standard InChI is InChI=1S/C28H26F2N8O2/c1-15-8-18(25-21(9-15)32-13-33-25)19-11-24(39)37(14-34-19)23-5-3-4-16(2)27(40)36-22-12-35-38(28(29)30)26(22)17-6-7-31-20(23)10-17/h6-14,16,23,28H,3-5H2,1-2H3,(H,32,33)(H,36,40)/t16-,23+/m1/s1. The van der Waals surface area contributed by atoms with Crippen molar-refractivity contribution in [3.05, 3.63) is 77.0 Å². The zero-order chi connectivity index (χ0) is 28.0. The fourth-order valence-electron chi connectivity index (χ4n) is 5.28. The highest BCUT2D eigenvalue weighted by molar-refractivity contribution is 5.96. The highest BCUT2D eigenvalue weighted by Gasteiger charge is 2.26. The van der Waals surface area contributed by atoms with Gasteiger partial charge in [0.05, 0.1) is 58.7 Å². The van der Waals surface area contributed by atoms with Crippen LogP contribution in [0, 0.1) is 12.8 Å². The number of aryl methyl sites for hydroxylation is 1. The number of imidazole rings is 1. The molecule has 0 saturated carbocycles. The van der Waals surface area contributed by atoms with Crippen molar-refractivity contribution in [1.29, 1.82) is 0 Å². The number of hydrogen-bond donors (Lipinski definition) is 2. The van der Waals surface area contributed by atoms with Crippen LogP contribution in [0.15, 0.2) is 60.2 Å². The maximum Gasteiger partial charge on any atom is 0.333 e. The first-order valence-corrected chi connectivity index (χ1v) is 13.0. The topological polar surface area (TPSA) is 123 Å². The number of anilines is 1. The third-order valence-electron chi connectivity index (χ3n) is 7.31. The first-order valence-electron chi connectivity index (χ1n) is 13.0. The smallest absolute Gasteiger partial charge is 0.333 e. The minimum Gasteiger partial charge on any atom is -0.345 e. The van der Waals surface area contributed by atoms with Gasteiger partial charge in [-0.15, -0.1) is 0 Å². The predicted octanol–water partition coefficient (Wildman–Crippen LogP) is 5.10. The normalized spacial score (nSPS) is 17.8. The lowest BCUT2D eigenvalue weighted by atomic mass is 9.97. The second-order valence-electron chi connectivity index (χ2n) is 10.1. The van der Waals surface area contributed by atoms with E-state index >= 15 is 0 Å². The van der Waals surface area contributed by atoms with Gasteiger partial charge < -0.3 is 10.3 Å². The molecule has 0 radical (unpaired) electrons. The van der Waals surface area contributed by atoms with Crippen LogP contribution < -0.4 is 10.9 Å². The minimum atomic E-state index is -2.92. The van der Waals surface area contributed by atoms with E-state index in [1.165, 1.54) is 29.4 Å². The molecular weight excluding hydrogens is 518 g/mol. The van der Waals surface area contributed by atoms with Gasteiger partial charge in [-0.05, 0) is 49.6 Å². The van der Waals surface area contributed by atoms with Crippen molar-refractivity contribution in [3.63, 3.8) is 0 Å². The molecule has 204 valence electrons. The minimum absolute atomic E-state index is 0.0711. The van der Waals surface area contributed by atoms with Crippen molar-refractivity contribution in [2.24, 2.45) is 5.92 Å². The lowest BCUT2D eigenvalue weighted by molar-refractivity contribution is -0.119. The van der Waals surface area contributed by atoms with Crippen LogP contribution in [0.5, 0.6) is 0 Å². The number of halogens is 2. The Morgan fingerprint density at radius 1 is 1.07 bits per heavy atom. The molecule has 4 aromatic heterocycles. The molecule has 0 aliphatic carbocycles. The van der Waals surface area contributed by atoms with Gasteiger partial charge in [-0.2, -0.15) is 13.9 Å². The first kappa shape index (κ1) is 25.5. The molecule has 2 N–H and O–H groups in total. The molecule has 1 amide bonds. The number of carbonyl (C=O) groups is 1. The van der Waals surface area contributed by atoms with Crippen LogP contribution in [-0.2, 0) is 4.79 Å². The summed E-state index contributed by atoms with van der Waals surface area (Å²) in [5.41, 5.74) is 4.69. The van der Waals surface area contributed by atoms with Crippen molar-refractivity contribution in [1.82, 2.24) is 34.3 Å². The van der Waals surface area contributed by atoms with Gasteiger partial charge in [0.15, 0.2) is 0 Å². The number of hydrogen-bond acceptors (Lipinski definition) is 6. The summed E-state index contributed by atoms with van der Waals surface area (Å²) in [7, 11) is 0. The molecule has 1 aromatic carbocycles. The Morgan fingerprint density at radius 2 is 1.93 bits per heavy atom. The highest BCUT2D eigenvalue weighted by Crippen LogP contribution is 2.35. The molecule has 12 heteroatoms. The molecule has 0 fully saturated rings. The van der Waals surface area contributed by atoms with E-state index in [-0.39, 0.29) is 28.8 Å². The largest absolute Gasteiger partial charge is 0.345 e. The van der Waals surface area contributed by atoms with E-state index in [0.717, 1.165) is 16.6 Å². The summed E-state index contributed by atoms with van der Waals surface area (Å²) in [6.45, 7) is 0.826. The zero-order valence-electron chi connectivity index (χ0n) is 21.8. The van der Waals surface area contributed by atoms with Gasteiger partial charge in [0.2, 0.25) is 5.91 Å². The Labute approximate surface area is 227 Å². The lowest BCUT2D eigenvalue weighted by Crippen LogP contribution is -2.27. The molecule has 1 aliphatic heterocycles. The number of fused-ring (bicyclic) bond motifs is 5. The molecule has 6 rings (SSSR count). The molecule has 0 saturated heterocycles. The number of carbonyl (C=O) groups excluding carboxylic acids is 1. The number of alkyl halides is 2. The monoisotopic (exact) mass is 544 g/mol. The molecule has 0 unspecified atom stereocenters. The molecule has 10 nitrogen and oxygen atoms in total. The highest BCUT2D eigenvalue weighted by atomic mass is 19.3. The summed E-state index contributed by atoms with van der Waals surface area (Å²) in [4.78, 5) is 43.0. The molecule has 0 spiro atoms. The summed E-state index contributed by atoms with van der Waals surface area (Å²) in [5, 5.41) is 6.57. The third kappa shape index (κ3) is 4.55. The Kier molecular flexibility index (Phi) is 6.45. The van der Waals surface area contributed by atoms with E-state index in [0.29, 0.717) is 46.4 Å². The van der Waals surface area contributed by atoms with Gasteiger partial charge >= 0.3 is 6.55 Å². The Balaban J connectivity index is 1.46. The number of nitrogens with one attached hydrogen (secondary N) is 2. The van der Waals surface area contributed by atoms with Crippen molar-refractivity contribution in [2.75, 3.05) is 5.32 Å². The van der Waals surface area contributed by atoms with Crippen molar-refractivity contribution in [3.8, 4) is 22.5 Å². The molecule has 2 bridgehead atoms. The zero-order valence-corrected chi connectivity index (χ0v) is 21.8. The SMILES string of the molecule is Cc1cc(-c2cc(=O)n([C@H]3CCC[C@@H](C)C(=O)Nc4cnn(C(F)F)c4-c4ccnc3c4)cn2)c2nc[nH]c2c1. The summed E-state index contributed by atoms with van der Waals surface area (Å²) in [6.07, 6.45) is 7.47. The number of aromatic nitrogens is 7. The van der Waals surface area contributed by atoms with Crippen molar-refractivity contribution in [2.45, 2.75) is 45.7 Å². The number of amides is 1. The number of H-pyrrole nitrogens is 1. The maximum absolute atomic E-state index is 13.9. The second kappa shape index (κ2) is 10.1. The van der Waals surface area contributed by atoms with Crippen LogP contribution >= 0.6 is 0 Å². The van der Waals surface area contributed by atoms with Crippen LogP contribution in [0.3, 0.4) is 0 Å². The molecule has 2 atom stereocenters. The quantitative estimate of drug-likeness (QED) is 0.326. The molecule has 40 heavy (non-hydrogen) atoms. The van der Waals surface area contributed by atoms with Gasteiger partial charge in [0, 0.05) is 29.3 Å². The molecule has 1 aliphatic rings. The van der Waals surface area contributed by atoms with Gasteiger partial charge in [-0.3, -0.25) is 19.1 Å². The average Bonchev–Trinajstić information content (AvgIpc) is 3.57. The predicted molar refractivity (Wildman–Crippen MR) is 145 cm³/mol. The summed E-state index contributed by atoms with van der Waals surface area (Å²) >= 11 is 0. The Hall–Kier alpha value is -4.74. The molecule has 5 heterocycles. The summed E-state index contributed by atoms with van der Waals surface area (Å²) in [5.74, 6) is -0.670. The fourth-order valence-corrected chi connectivity index (χ4v) is 5.28. The van der Waals surface area contributed by atoms with Crippen molar-refractivity contribution >= 4 is 22.6 Å². The number of nitrogens with zero attached hydrogens (tertiary/aromatic N) is 6. The summed E-state index contributed by atoms with van der Waals surface area (Å²) in [6, 6.07) is 8.10. The lowest BCUT2D eigenvalue weighted by Gasteiger charge is -2.22. The van der Waals surface area contributed by atoms with Gasteiger partial charge in [-0.1, -0.05) is 13.3 Å². The van der Waals surface area contributed by atoms with E-state index in [1.807, 2.05) is 19.1 Å². The van der Waals surface area contributed by atoms with E-state index in [9.17, 15) is 18.4 Å². The van der Waals surface area contributed by atoms with E-state index in [2.05, 4.69) is 30.4 Å². The fraction of sp³-hybridized carbons (Fsp3) is 0.286. The number of rotatable bonds is 3. The van der Waals surface area contributed by atoms with Crippen LogP contribution in [0.1, 0.15) is 50.0 Å². The number of pyridine rings is 1. The van der Waals surface area contributed by atoms with E-state index in [4.69, 9.17) is 0 Å².